The molecule has 0 bridgehead atoms. The molecule has 1 unspecified atom stereocenters. The zero-order valence-corrected chi connectivity index (χ0v) is 40.4. The van der Waals surface area contributed by atoms with Gasteiger partial charge in [0.15, 0.2) is 23.0 Å². The molecular weight excluding hydrogens is 840 g/mol. The number of carbonyl (C=O) groups is 2. The summed E-state index contributed by atoms with van der Waals surface area (Å²) in [6, 6.07) is 14.5. The van der Waals surface area contributed by atoms with Gasteiger partial charge < -0.3 is 49.0 Å². The summed E-state index contributed by atoms with van der Waals surface area (Å²) in [4.78, 5) is 25.4. The smallest absolute Gasteiger partial charge is 0.308 e. The van der Waals surface area contributed by atoms with Crippen LogP contribution < -0.4 is 18.9 Å². The maximum atomic E-state index is 12.4. The number of aliphatic carboxylic acids is 1. The third-order valence-corrected chi connectivity index (χ3v) is 12.9. The lowest BCUT2D eigenvalue weighted by molar-refractivity contribution is -0.159. The fourth-order valence-electron chi connectivity index (χ4n) is 8.75. The predicted molar refractivity (Wildman–Crippen MR) is 250 cm³/mol. The van der Waals surface area contributed by atoms with Crippen LogP contribution in [0.1, 0.15) is 97.1 Å². The Morgan fingerprint density at radius 1 is 0.938 bits per heavy atom. The molecule has 64 heavy (non-hydrogen) atoms. The molecule has 0 saturated carbocycles. The average Bonchev–Trinajstić information content (AvgIpc) is 3.25. The van der Waals surface area contributed by atoms with E-state index in [9.17, 15) is 30.2 Å². The Balaban J connectivity index is 0.000000435. The Hall–Kier alpha value is -4.32. The lowest BCUT2D eigenvalue weighted by Gasteiger charge is -2.43. The van der Waals surface area contributed by atoms with E-state index in [0.717, 1.165) is 55.0 Å². The van der Waals surface area contributed by atoms with Crippen molar-refractivity contribution >= 4 is 24.3 Å². The van der Waals surface area contributed by atoms with Crippen LogP contribution in [-0.2, 0) is 26.2 Å². The van der Waals surface area contributed by atoms with Gasteiger partial charge in [-0.1, -0.05) is 65.0 Å². The number of carboxylic acids is 1. The normalized spacial score (nSPS) is 21.3. The fourth-order valence-corrected chi connectivity index (χ4v) is 8.75. The first-order valence-electron chi connectivity index (χ1n) is 22.4. The molecule has 0 aromatic heterocycles. The molecule has 2 aromatic carbocycles. The topological polar surface area (TPSA) is 188 Å². The molecular formula is C50H75ClN2O11. The summed E-state index contributed by atoms with van der Waals surface area (Å²) in [5, 5.41) is 49.3. The van der Waals surface area contributed by atoms with Gasteiger partial charge in [0.2, 0.25) is 0 Å². The molecule has 4 N–H and O–H groups in total. The standard InChI is InChI=1S/C27H38N2O4.C23H36O7.ClH/c1-20(2)27(19-28,22-10-12-24(31-5)26(18-22)33-7)14-8-15-29(3)16-13-21-9-11-23(30-4)25(17-21)32-6;1-4-13(2)23(29)30-20-11-17(25)9-15-6-5-14(3)19(22(15)20)8-7-16(24)10-18(26)12-21(27)28;/h9-12,17-18,20H,8,13-16H2,1-7H3;5-6,9,13-14,16-20,22,24-26H,4,7-8,10-12H2,1-3H3,(H,27,28);1H/t;13-,14-,16+,17+,18+,19-,20-,22-;/m.0./s1. The molecule has 358 valence electrons. The van der Waals surface area contributed by atoms with Gasteiger partial charge in [-0.25, -0.2) is 0 Å². The molecule has 14 heteroatoms. The van der Waals surface area contributed by atoms with E-state index in [2.05, 4.69) is 50.9 Å². The van der Waals surface area contributed by atoms with E-state index >= 15 is 0 Å². The molecule has 0 heterocycles. The number of carboxylic acid groups (broad SMARTS) is 1. The predicted octanol–water partition coefficient (Wildman–Crippen LogP) is 7.96. The van der Waals surface area contributed by atoms with E-state index in [1.165, 1.54) is 5.56 Å². The number of halogens is 1. The summed E-state index contributed by atoms with van der Waals surface area (Å²) < 4.78 is 27.4. The van der Waals surface area contributed by atoms with Crippen molar-refractivity contribution in [1.82, 2.24) is 4.90 Å². The van der Waals surface area contributed by atoms with Crippen molar-refractivity contribution in [3.8, 4) is 29.1 Å². The third kappa shape index (κ3) is 15.7. The number of aliphatic hydroxyl groups is 3. The first kappa shape index (κ1) is 55.8. The van der Waals surface area contributed by atoms with E-state index in [0.29, 0.717) is 37.2 Å². The van der Waals surface area contributed by atoms with E-state index in [1.807, 2.05) is 56.3 Å². The van der Waals surface area contributed by atoms with Gasteiger partial charge in [0.05, 0.1) is 70.6 Å². The molecule has 9 atom stereocenters. The number of rotatable bonds is 23. The zero-order valence-electron chi connectivity index (χ0n) is 39.6. The Morgan fingerprint density at radius 2 is 1.56 bits per heavy atom. The lowest BCUT2D eigenvalue weighted by Crippen LogP contribution is -2.43. The number of methoxy groups -OCH3 is 4. The van der Waals surface area contributed by atoms with Crippen molar-refractivity contribution < 1.29 is 53.7 Å². The number of benzene rings is 2. The van der Waals surface area contributed by atoms with Gasteiger partial charge in [-0.15, -0.1) is 12.4 Å². The Bertz CT molecular complexity index is 1860. The number of carbonyl (C=O) groups excluding carboxylic acids is 1. The third-order valence-electron chi connectivity index (χ3n) is 12.9. The molecule has 13 nitrogen and oxygen atoms in total. The van der Waals surface area contributed by atoms with Crippen molar-refractivity contribution in [2.75, 3.05) is 48.6 Å². The van der Waals surface area contributed by atoms with E-state index < -0.39 is 35.8 Å². The first-order valence-corrected chi connectivity index (χ1v) is 22.4. The highest BCUT2D eigenvalue weighted by molar-refractivity contribution is 5.85. The van der Waals surface area contributed by atoms with Crippen LogP contribution in [-0.4, -0.2) is 110 Å². The highest BCUT2D eigenvalue weighted by Gasteiger charge is 2.42. The number of esters is 1. The molecule has 2 aromatic rings. The SMILES string of the molecule is CC[C@H](C)C(=O)O[C@H]1C[C@H](O)C=C2C=C[C@H](C)[C@H](CC[C@@H](O)C[C@@H](O)CC(=O)O)[C@H]21.COc1ccc(CCN(C)CCCC(C#N)(c2ccc(OC)c(OC)c2)C(C)C)cc1OC.Cl. The van der Waals surface area contributed by atoms with Crippen molar-refractivity contribution in [3.05, 3.63) is 71.3 Å². The molecule has 0 amide bonds. The van der Waals surface area contributed by atoms with Gasteiger partial charge >= 0.3 is 11.9 Å². The number of allylic oxidation sites excluding steroid dienone is 2. The maximum Gasteiger partial charge on any atom is 0.308 e. The average molecular weight is 916 g/mol. The highest BCUT2D eigenvalue weighted by atomic mass is 35.5. The number of hydrogen-bond donors (Lipinski definition) is 4. The molecule has 4 rings (SSSR count). The van der Waals surface area contributed by atoms with Gasteiger partial charge in [0, 0.05) is 18.9 Å². The second-order valence-electron chi connectivity index (χ2n) is 17.5. The summed E-state index contributed by atoms with van der Waals surface area (Å²) in [7, 11) is 8.67. The first-order chi connectivity index (χ1) is 30.0. The van der Waals surface area contributed by atoms with Gasteiger partial charge in [-0.05, 0) is 117 Å². The molecule has 0 aliphatic heterocycles. The van der Waals surface area contributed by atoms with Crippen LogP contribution in [0.5, 0.6) is 23.0 Å². The molecule has 2 aliphatic carbocycles. The van der Waals surface area contributed by atoms with E-state index in [1.54, 1.807) is 28.4 Å². The summed E-state index contributed by atoms with van der Waals surface area (Å²) in [5.41, 5.74) is 2.56. The van der Waals surface area contributed by atoms with Crippen LogP contribution >= 0.6 is 12.4 Å². The van der Waals surface area contributed by atoms with Gasteiger partial charge in [-0.3, -0.25) is 9.59 Å². The van der Waals surface area contributed by atoms with Crippen molar-refractivity contribution in [2.45, 2.75) is 122 Å². The van der Waals surface area contributed by atoms with Crippen LogP contribution in [0.2, 0.25) is 0 Å². The summed E-state index contributed by atoms with van der Waals surface area (Å²) in [6.07, 6.45) is 7.25. The Morgan fingerprint density at radius 3 is 2.14 bits per heavy atom. The number of nitriles is 1. The quantitative estimate of drug-likeness (QED) is 0.0788. The van der Waals surface area contributed by atoms with Crippen LogP contribution in [0.4, 0.5) is 0 Å². The molecule has 0 spiro atoms. The van der Waals surface area contributed by atoms with E-state index in [-0.39, 0.29) is 60.8 Å². The van der Waals surface area contributed by atoms with Crippen molar-refractivity contribution in [3.63, 3.8) is 0 Å². The minimum Gasteiger partial charge on any atom is -0.493 e. The monoisotopic (exact) mass is 915 g/mol. The highest BCUT2D eigenvalue weighted by Crippen LogP contribution is 2.44. The number of nitrogens with zero attached hydrogens (tertiary/aromatic N) is 2. The van der Waals surface area contributed by atoms with Crippen molar-refractivity contribution in [2.24, 2.45) is 29.6 Å². The number of likely N-dealkylation sites (N-methyl/N-ethyl adjacent to an activating group) is 1. The van der Waals surface area contributed by atoms with Crippen LogP contribution in [0.15, 0.2) is 60.2 Å². The Kier molecular flexibility index (Phi) is 23.7. The van der Waals surface area contributed by atoms with Gasteiger partial charge in [0.25, 0.3) is 0 Å². The zero-order chi connectivity index (χ0) is 46.9. The number of aliphatic hydroxyl groups excluding tert-OH is 3. The minimum atomic E-state index is -1.10. The second kappa shape index (κ2) is 27.2. The summed E-state index contributed by atoms with van der Waals surface area (Å²) >= 11 is 0. The fraction of sp³-hybridized carbons (Fsp3) is 0.620. The number of hydrogen-bond acceptors (Lipinski definition) is 12. The van der Waals surface area contributed by atoms with Crippen LogP contribution in [0, 0.1) is 40.9 Å². The van der Waals surface area contributed by atoms with Crippen LogP contribution in [0.25, 0.3) is 0 Å². The number of fused-ring (bicyclic) bond motifs is 1. The summed E-state index contributed by atoms with van der Waals surface area (Å²) in [5.74, 6) is 1.68. The second-order valence-corrected chi connectivity index (χ2v) is 17.5. The van der Waals surface area contributed by atoms with Gasteiger partial charge in [-0.2, -0.15) is 5.26 Å². The molecule has 0 fully saturated rings. The lowest BCUT2D eigenvalue weighted by atomic mass is 9.66. The van der Waals surface area contributed by atoms with Gasteiger partial charge in [0.1, 0.15) is 6.10 Å². The Labute approximate surface area is 387 Å². The molecule has 0 radical (unpaired) electrons. The van der Waals surface area contributed by atoms with Crippen molar-refractivity contribution in [1.29, 1.82) is 5.26 Å². The number of ether oxygens (including phenoxy) is 5. The molecule has 0 saturated heterocycles. The summed E-state index contributed by atoms with van der Waals surface area (Å²) in [6.45, 7) is 11.9. The minimum absolute atomic E-state index is 0. The largest absolute Gasteiger partial charge is 0.493 e. The van der Waals surface area contributed by atoms with E-state index in [4.69, 9.17) is 28.8 Å². The van der Waals surface area contributed by atoms with Crippen LogP contribution in [0.3, 0.4) is 0 Å². The maximum absolute atomic E-state index is 12.4. The molecule has 2 aliphatic rings.